The van der Waals surface area contributed by atoms with E-state index in [1.807, 2.05) is 0 Å². The second-order valence-corrected chi connectivity index (χ2v) is 5.62. The van der Waals surface area contributed by atoms with E-state index in [1.54, 1.807) is 16.8 Å². The number of piperazine rings is 1. The van der Waals surface area contributed by atoms with Crippen LogP contribution in [0.2, 0.25) is 0 Å². The quantitative estimate of drug-likeness (QED) is 0.852. The van der Waals surface area contributed by atoms with E-state index in [-0.39, 0.29) is 19.0 Å². The van der Waals surface area contributed by atoms with E-state index in [4.69, 9.17) is 0 Å². The van der Waals surface area contributed by atoms with Crippen molar-refractivity contribution < 1.29 is 22.4 Å². The Hall–Kier alpha value is -1.67. The number of benzene rings is 1. The van der Waals surface area contributed by atoms with E-state index < -0.39 is 17.6 Å². The van der Waals surface area contributed by atoms with Gasteiger partial charge in [-0.2, -0.15) is 13.2 Å². The molecule has 1 aromatic rings. The molecule has 1 aliphatic rings. The number of nitrogens with zero attached hydrogens (tertiary/aromatic N) is 2. The highest BCUT2D eigenvalue weighted by Crippen LogP contribution is 2.32. The summed E-state index contributed by atoms with van der Waals surface area (Å²) in [5, 5.41) is 3.14. The first-order valence-corrected chi connectivity index (χ1v) is 7.30. The lowest BCUT2D eigenvalue weighted by Gasteiger charge is -2.29. The Kier molecular flexibility index (Phi) is 5.59. The molecule has 1 saturated heterocycles. The van der Waals surface area contributed by atoms with Gasteiger partial charge < -0.3 is 10.2 Å². The van der Waals surface area contributed by atoms with E-state index in [2.05, 4.69) is 5.32 Å². The molecule has 0 radical (unpaired) electrons. The van der Waals surface area contributed by atoms with Crippen LogP contribution in [0.5, 0.6) is 0 Å². The molecule has 1 N–H and O–H groups in total. The molecule has 2 rings (SSSR count). The Morgan fingerprint density at radius 1 is 1.30 bits per heavy atom. The summed E-state index contributed by atoms with van der Waals surface area (Å²) in [5.41, 5.74) is -0.967. The molecule has 1 heterocycles. The number of likely N-dealkylation sites (N-methyl/N-ethyl adjacent to an activating group) is 1. The minimum absolute atomic E-state index is 0.0628. The predicted molar refractivity (Wildman–Crippen MR) is 77.2 cm³/mol. The SMILES string of the molecule is CN(CC(=O)N1CCNCC1)Cc1ccc(F)c(C(F)(F)F)c1. The third kappa shape index (κ3) is 4.90. The minimum atomic E-state index is -4.73. The summed E-state index contributed by atoms with van der Waals surface area (Å²) < 4.78 is 51.4. The number of halogens is 4. The fraction of sp³-hybridized carbons (Fsp3) is 0.533. The minimum Gasteiger partial charge on any atom is -0.339 e. The highest BCUT2D eigenvalue weighted by atomic mass is 19.4. The number of alkyl halides is 3. The van der Waals surface area contributed by atoms with Gasteiger partial charge in [0.15, 0.2) is 0 Å². The number of amides is 1. The van der Waals surface area contributed by atoms with Gasteiger partial charge >= 0.3 is 6.18 Å². The van der Waals surface area contributed by atoms with Crippen molar-refractivity contribution in [1.29, 1.82) is 0 Å². The van der Waals surface area contributed by atoms with Gasteiger partial charge in [0.25, 0.3) is 0 Å². The highest BCUT2D eigenvalue weighted by molar-refractivity contribution is 5.78. The van der Waals surface area contributed by atoms with Gasteiger partial charge in [-0.1, -0.05) is 6.07 Å². The lowest BCUT2D eigenvalue weighted by Crippen LogP contribution is -2.49. The van der Waals surface area contributed by atoms with Gasteiger partial charge in [0, 0.05) is 32.7 Å². The Labute approximate surface area is 132 Å². The normalized spacial score (nSPS) is 16.0. The van der Waals surface area contributed by atoms with Crippen molar-refractivity contribution in [2.75, 3.05) is 39.8 Å². The van der Waals surface area contributed by atoms with Crippen LogP contribution in [0.4, 0.5) is 17.6 Å². The maximum atomic E-state index is 13.3. The van der Waals surface area contributed by atoms with Crippen molar-refractivity contribution in [2.45, 2.75) is 12.7 Å². The van der Waals surface area contributed by atoms with E-state index in [1.165, 1.54) is 6.07 Å². The first-order valence-electron chi connectivity index (χ1n) is 7.30. The van der Waals surface area contributed by atoms with Crippen molar-refractivity contribution in [3.05, 3.63) is 35.1 Å². The lowest BCUT2D eigenvalue weighted by atomic mass is 10.1. The molecule has 0 aliphatic carbocycles. The number of nitrogens with one attached hydrogen (secondary N) is 1. The number of hydrogen-bond acceptors (Lipinski definition) is 3. The molecular weight excluding hydrogens is 314 g/mol. The van der Waals surface area contributed by atoms with Crippen molar-refractivity contribution in [3.8, 4) is 0 Å². The molecule has 1 amide bonds. The lowest BCUT2D eigenvalue weighted by molar-refractivity contribution is -0.140. The molecule has 0 spiro atoms. The fourth-order valence-electron chi connectivity index (χ4n) is 2.50. The second kappa shape index (κ2) is 7.27. The molecule has 0 bridgehead atoms. The van der Waals surface area contributed by atoms with E-state index in [9.17, 15) is 22.4 Å². The topological polar surface area (TPSA) is 35.6 Å². The molecular formula is C15H19F4N3O. The molecule has 1 aliphatic heterocycles. The van der Waals surface area contributed by atoms with E-state index >= 15 is 0 Å². The summed E-state index contributed by atoms with van der Waals surface area (Å²) in [5.74, 6) is -1.35. The van der Waals surface area contributed by atoms with Gasteiger partial charge in [0.2, 0.25) is 5.91 Å². The third-order valence-electron chi connectivity index (χ3n) is 3.66. The van der Waals surface area contributed by atoms with Crippen LogP contribution in [-0.2, 0) is 17.5 Å². The summed E-state index contributed by atoms with van der Waals surface area (Å²) >= 11 is 0. The van der Waals surface area contributed by atoms with Crippen LogP contribution < -0.4 is 5.32 Å². The zero-order valence-corrected chi connectivity index (χ0v) is 12.8. The molecule has 23 heavy (non-hydrogen) atoms. The summed E-state index contributed by atoms with van der Waals surface area (Å²) in [6.07, 6.45) is -4.73. The number of carbonyl (C=O) groups is 1. The number of rotatable bonds is 4. The van der Waals surface area contributed by atoms with Gasteiger partial charge in [0.1, 0.15) is 5.82 Å². The average molecular weight is 333 g/mol. The molecule has 0 saturated carbocycles. The van der Waals surface area contributed by atoms with E-state index in [0.717, 1.165) is 25.2 Å². The largest absolute Gasteiger partial charge is 0.419 e. The Bertz CT molecular complexity index is 556. The smallest absolute Gasteiger partial charge is 0.339 e. The highest BCUT2D eigenvalue weighted by Gasteiger charge is 2.34. The van der Waals surface area contributed by atoms with Crippen LogP contribution in [-0.4, -0.2) is 55.5 Å². The van der Waals surface area contributed by atoms with Gasteiger partial charge in [-0.3, -0.25) is 9.69 Å². The van der Waals surface area contributed by atoms with Gasteiger partial charge in [-0.15, -0.1) is 0 Å². The van der Waals surface area contributed by atoms with Crippen LogP contribution in [0, 0.1) is 5.82 Å². The summed E-state index contributed by atoms with van der Waals surface area (Å²) in [6.45, 7) is 2.98. The Morgan fingerprint density at radius 2 is 1.96 bits per heavy atom. The molecule has 128 valence electrons. The van der Waals surface area contributed by atoms with Gasteiger partial charge in [-0.25, -0.2) is 4.39 Å². The Morgan fingerprint density at radius 3 is 2.57 bits per heavy atom. The molecule has 1 fully saturated rings. The average Bonchev–Trinajstić information content (AvgIpc) is 2.49. The van der Waals surface area contributed by atoms with Crippen LogP contribution >= 0.6 is 0 Å². The van der Waals surface area contributed by atoms with Crippen molar-refractivity contribution in [3.63, 3.8) is 0 Å². The van der Waals surface area contributed by atoms with Gasteiger partial charge in [-0.05, 0) is 24.7 Å². The third-order valence-corrected chi connectivity index (χ3v) is 3.66. The molecule has 1 aromatic carbocycles. The molecule has 0 unspecified atom stereocenters. The number of carbonyl (C=O) groups excluding carboxylic acids is 1. The van der Waals surface area contributed by atoms with E-state index in [0.29, 0.717) is 18.7 Å². The second-order valence-electron chi connectivity index (χ2n) is 5.62. The zero-order valence-electron chi connectivity index (χ0n) is 12.8. The first-order chi connectivity index (χ1) is 10.8. The van der Waals surface area contributed by atoms with Crippen LogP contribution in [0.25, 0.3) is 0 Å². The molecule has 4 nitrogen and oxygen atoms in total. The molecule has 0 atom stereocenters. The van der Waals surface area contributed by atoms with Crippen molar-refractivity contribution in [1.82, 2.24) is 15.1 Å². The summed E-state index contributed by atoms with van der Waals surface area (Å²) in [4.78, 5) is 15.4. The number of hydrogen-bond donors (Lipinski definition) is 1. The Balaban J connectivity index is 1.97. The van der Waals surface area contributed by atoms with Crippen LogP contribution in [0.15, 0.2) is 18.2 Å². The maximum absolute atomic E-state index is 13.3. The first kappa shape index (κ1) is 17.7. The maximum Gasteiger partial charge on any atom is 0.419 e. The zero-order chi connectivity index (χ0) is 17.0. The van der Waals surface area contributed by atoms with Crippen LogP contribution in [0.1, 0.15) is 11.1 Å². The predicted octanol–water partition coefficient (Wildman–Crippen LogP) is 1.71. The van der Waals surface area contributed by atoms with Crippen molar-refractivity contribution in [2.24, 2.45) is 0 Å². The molecule has 0 aromatic heterocycles. The van der Waals surface area contributed by atoms with Crippen molar-refractivity contribution >= 4 is 5.91 Å². The van der Waals surface area contributed by atoms with Gasteiger partial charge in [0.05, 0.1) is 12.1 Å². The summed E-state index contributed by atoms with van der Waals surface area (Å²) in [6, 6.07) is 2.90. The monoisotopic (exact) mass is 333 g/mol. The molecule has 8 heteroatoms. The summed E-state index contributed by atoms with van der Waals surface area (Å²) in [7, 11) is 1.65. The standard InChI is InChI=1S/C15H19F4N3O/c1-21(10-14(23)22-6-4-20-5-7-22)9-11-2-3-13(16)12(8-11)15(17,18)19/h2-3,8,20H,4-7,9-10H2,1H3. The van der Waals surface area contributed by atoms with Crippen LogP contribution in [0.3, 0.4) is 0 Å². The fourth-order valence-corrected chi connectivity index (χ4v) is 2.50.